The molecule has 0 aliphatic carbocycles. The summed E-state index contributed by atoms with van der Waals surface area (Å²) in [7, 11) is 1.08. The van der Waals surface area contributed by atoms with E-state index >= 15 is 0 Å². The topological polar surface area (TPSA) is 15.6 Å². The van der Waals surface area contributed by atoms with Gasteiger partial charge in [0.05, 0.1) is 0 Å². The number of halogens is 4. The van der Waals surface area contributed by atoms with Gasteiger partial charge in [0, 0.05) is 7.05 Å². The quantitative estimate of drug-likeness (QED) is 0.526. The maximum Gasteiger partial charge on any atom is 0.270 e. The monoisotopic (exact) mass is 184 g/mol. The molecule has 0 spiro atoms. The second-order valence-corrected chi connectivity index (χ2v) is 2.32. The number of alkyl halides is 1. The van der Waals surface area contributed by atoms with Gasteiger partial charge in [0.15, 0.2) is 0 Å². The molecule has 6 heteroatoms. The van der Waals surface area contributed by atoms with Crippen molar-refractivity contribution in [1.29, 1.82) is 0 Å². The standard InChI is InChI=1S/C5H4ClF3N2/c1-11-4(8)2(6)3(7)10-5(11)9/h5H,1H3. The molecule has 0 aromatic carbocycles. The van der Waals surface area contributed by atoms with Crippen LogP contribution in [0.3, 0.4) is 0 Å². The highest BCUT2D eigenvalue weighted by Crippen LogP contribution is 2.24. The predicted molar refractivity (Wildman–Crippen MR) is 35.2 cm³/mol. The number of hydrogen-bond acceptors (Lipinski definition) is 2. The first-order chi connectivity index (χ1) is 5.04. The predicted octanol–water partition coefficient (Wildman–Crippen LogP) is 1.93. The Bertz CT molecular complexity index is 238. The van der Waals surface area contributed by atoms with E-state index in [0.717, 1.165) is 7.05 Å². The van der Waals surface area contributed by atoms with Crippen molar-refractivity contribution in [3.05, 3.63) is 11.0 Å². The Morgan fingerprint density at radius 3 is 2.64 bits per heavy atom. The Morgan fingerprint density at radius 2 is 2.09 bits per heavy atom. The average Bonchev–Trinajstić information content (AvgIpc) is 1.97. The van der Waals surface area contributed by atoms with E-state index in [2.05, 4.69) is 4.99 Å². The summed E-state index contributed by atoms with van der Waals surface area (Å²) in [6.07, 6.45) is -2.03. The fourth-order valence-corrected chi connectivity index (χ4v) is 0.752. The maximum absolute atomic E-state index is 12.6. The summed E-state index contributed by atoms with van der Waals surface area (Å²) >= 11 is 5.07. The molecule has 2 nitrogen and oxygen atoms in total. The minimum absolute atomic E-state index is 0.491. The first kappa shape index (κ1) is 8.39. The molecule has 0 fully saturated rings. The molecule has 0 bridgehead atoms. The van der Waals surface area contributed by atoms with Gasteiger partial charge in [0.1, 0.15) is 5.03 Å². The van der Waals surface area contributed by atoms with E-state index in [9.17, 15) is 13.2 Å². The maximum atomic E-state index is 12.6. The molecule has 0 amide bonds. The van der Waals surface area contributed by atoms with Gasteiger partial charge in [-0.05, 0) is 0 Å². The summed E-state index contributed by atoms with van der Waals surface area (Å²) in [5.41, 5.74) is 0. The molecule has 0 aromatic heterocycles. The van der Waals surface area contributed by atoms with Crippen LogP contribution < -0.4 is 0 Å². The summed E-state index contributed by atoms with van der Waals surface area (Å²) in [5.74, 6) is -2.46. The van der Waals surface area contributed by atoms with Crippen LogP contribution in [-0.2, 0) is 0 Å². The zero-order chi connectivity index (χ0) is 8.59. The number of aliphatic imine (C=N–C) groups is 1. The Kier molecular flexibility index (Phi) is 2.08. The molecule has 1 rings (SSSR count). The minimum atomic E-state index is -2.03. The van der Waals surface area contributed by atoms with Gasteiger partial charge in [0.2, 0.25) is 11.9 Å². The minimum Gasteiger partial charge on any atom is -0.302 e. The fourth-order valence-electron chi connectivity index (χ4n) is 0.570. The van der Waals surface area contributed by atoms with E-state index in [0.29, 0.717) is 4.90 Å². The molecule has 1 aliphatic rings. The average molecular weight is 185 g/mol. The van der Waals surface area contributed by atoms with Crippen LogP contribution in [0.15, 0.2) is 16.0 Å². The van der Waals surface area contributed by atoms with Gasteiger partial charge in [-0.1, -0.05) is 11.6 Å². The lowest BCUT2D eigenvalue weighted by atomic mass is 10.5. The zero-order valence-corrected chi connectivity index (χ0v) is 6.24. The first-order valence-corrected chi connectivity index (χ1v) is 3.07. The third-order valence-corrected chi connectivity index (χ3v) is 1.52. The van der Waals surface area contributed by atoms with E-state index in [4.69, 9.17) is 11.6 Å². The molecule has 1 heterocycles. The molecule has 1 atom stereocenters. The van der Waals surface area contributed by atoms with Crippen molar-refractivity contribution in [2.45, 2.75) is 6.42 Å². The molecule has 0 saturated carbocycles. The third-order valence-electron chi connectivity index (χ3n) is 1.21. The Morgan fingerprint density at radius 1 is 1.55 bits per heavy atom. The third kappa shape index (κ3) is 1.33. The lowest BCUT2D eigenvalue weighted by molar-refractivity contribution is 0.119. The molecular weight excluding hydrogens is 181 g/mol. The van der Waals surface area contributed by atoms with Crippen LogP contribution in [-0.4, -0.2) is 24.3 Å². The molecule has 0 saturated heterocycles. The molecule has 1 unspecified atom stereocenters. The highest BCUT2D eigenvalue weighted by atomic mass is 35.5. The summed E-state index contributed by atoms with van der Waals surface area (Å²) in [4.78, 5) is 3.27. The number of hydrogen-bond donors (Lipinski definition) is 0. The van der Waals surface area contributed by atoms with E-state index in [-0.39, 0.29) is 0 Å². The van der Waals surface area contributed by atoms with Gasteiger partial charge in [-0.3, -0.25) is 0 Å². The van der Waals surface area contributed by atoms with Crippen molar-refractivity contribution in [2.75, 3.05) is 7.05 Å². The summed E-state index contributed by atoms with van der Waals surface area (Å²) in [6.45, 7) is 0. The highest BCUT2D eigenvalue weighted by Gasteiger charge is 2.26. The molecule has 0 N–H and O–H groups in total. The van der Waals surface area contributed by atoms with Gasteiger partial charge in [-0.15, -0.1) is 0 Å². The SMILES string of the molecule is CN1C(F)=C(Cl)C(F)=NC1F. The number of rotatable bonds is 0. The van der Waals surface area contributed by atoms with Crippen molar-refractivity contribution in [2.24, 2.45) is 4.99 Å². The van der Waals surface area contributed by atoms with Crippen molar-refractivity contribution < 1.29 is 13.2 Å². The van der Waals surface area contributed by atoms with Crippen molar-refractivity contribution in [3.8, 4) is 0 Å². The molecule has 1 aliphatic heterocycles. The van der Waals surface area contributed by atoms with Crippen molar-refractivity contribution >= 4 is 17.6 Å². The smallest absolute Gasteiger partial charge is 0.270 e. The highest BCUT2D eigenvalue weighted by molar-refractivity contribution is 6.42. The first-order valence-electron chi connectivity index (χ1n) is 2.70. The lowest BCUT2D eigenvalue weighted by Gasteiger charge is -2.22. The number of allylic oxidation sites excluding steroid dienone is 1. The van der Waals surface area contributed by atoms with Crippen LogP contribution in [0.1, 0.15) is 0 Å². The summed E-state index contributed by atoms with van der Waals surface area (Å²) in [6, 6.07) is 0. The molecule has 62 valence electrons. The molecule has 0 radical (unpaired) electrons. The number of nitrogens with zero attached hydrogens (tertiary/aromatic N) is 2. The Balaban J connectivity index is 3.02. The van der Waals surface area contributed by atoms with Crippen LogP contribution in [0.25, 0.3) is 0 Å². The summed E-state index contributed by atoms with van der Waals surface area (Å²) < 4.78 is 37.3. The van der Waals surface area contributed by atoms with Crippen LogP contribution in [0.2, 0.25) is 0 Å². The van der Waals surface area contributed by atoms with E-state index in [1.54, 1.807) is 0 Å². The van der Waals surface area contributed by atoms with Gasteiger partial charge in [-0.2, -0.15) is 18.2 Å². The van der Waals surface area contributed by atoms with Crippen LogP contribution in [0.4, 0.5) is 13.2 Å². The van der Waals surface area contributed by atoms with Gasteiger partial charge >= 0.3 is 0 Å². The van der Waals surface area contributed by atoms with Crippen LogP contribution in [0.5, 0.6) is 0 Å². The zero-order valence-electron chi connectivity index (χ0n) is 5.48. The van der Waals surface area contributed by atoms with Crippen LogP contribution >= 0.6 is 11.6 Å². The van der Waals surface area contributed by atoms with Crippen molar-refractivity contribution in [3.63, 3.8) is 0 Å². The fraction of sp³-hybridized carbons (Fsp3) is 0.400. The van der Waals surface area contributed by atoms with E-state index < -0.39 is 23.4 Å². The Labute approximate surface area is 66.0 Å². The van der Waals surface area contributed by atoms with Gasteiger partial charge in [0.25, 0.3) is 6.42 Å². The molecule has 11 heavy (non-hydrogen) atoms. The molecule has 0 aromatic rings. The largest absolute Gasteiger partial charge is 0.302 e. The second-order valence-electron chi connectivity index (χ2n) is 1.95. The van der Waals surface area contributed by atoms with E-state index in [1.165, 1.54) is 0 Å². The van der Waals surface area contributed by atoms with E-state index in [1.807, 2.05) is 0 Å². The Hall–Kier alpha value is -0.710. The lowest BCUT2D eigenvalue weighted by Crippen LogP contribution is -2.29. The van der Waals surface area contributed by atoms with Crippen molar-refractivity contribution in [1.82, 2.24) is 4.90 Å². The normalized spacial score (nSPS) is 25.7. The van der Waals surface area contributed by atoms with Gasteiger partial charge < -0.3 is 4.90 Å². The molecular formula is C5H4ClF3N2. The van der Waals surface area contributed by atoms with Crippen LogP contribution in [0, 0.1) is 0 Å². The second kappa shape index (κ2) is 2.73. The van der Waals surface area contributed by atoms with Gasteiger partial charge in [-0.25, -0.2) is 0 Å². The summed E-state index contributed by atoms with van der Waals surface area (Å²) in [5, 5.41) is -0.790.